The van der Waals surface area contributed by atoms with Gasteiger partial charge in [0.15, 0.2) is 11.6 Å². The molecule has 18 heavy (non-hydrogen) atoms. The van der Waals surface area contributed by atoms with Gasteiger partial charge in [-0.05, 0) is 28.1 Å². The molecule has 2 aromatic rings. The zero-order chi connectivity index (χ0) is 13.1. The van der Waals surface area contributed by atoms with Crippen molar-refractivity contribution in [2.75, 3.05) is 12.4 Å². The van der Waals surface area contributed by atoms with Gasteiger partial charge in [0, 0.05) is 11.8 Å². The number of hydrogen-bond acceptors (Lipinski definition) is 4. The summed E-state index contributed by atoms with van der Waals surface area (Å²) in [7, 11) is 1.41. The number of methoxy groups -OCH3 is 1. The van der Waals surface area contributed by atoms with Crippen molar-refractivity contribution in [3.8, 4) is 5.75 Å². The lowest BCUT2D eigenvalue weighted by molar-refractivity contribution is 0.386. The fourth-order valence-electron chi connectivity index (χ4n) is 1.32. The standard InChI is InChI=1S/C11H8BrClFN3O/c1-18-8-3-2-6(4-7(8)14)17-11-9(12)10(13)15-5-16-11/h2-5H,1H3,(H,15,16,17). The maximum atomic E-state index is 13.5. The molecule has 7 heteroatoms. The molecule has 0 aliphatic heterocycles. The van der Waals surface area contributed by atoms with Gasteiger partial charge in [-0.2, -0.15) is 0 Å². The molecular formula is C11H8BrClFN3O. The molecule has 4 nitrogen and oxygen atoms in total. The smallest absolute Gasteiger partial charge is 0.167 e. The van der Waals surface area contributed by atoms with E-state index in [0.717, 1.165) is 0 Å². The summed E-state index contributed by atoms with van der Waals surface area (Å²) in [4.78, 5) is 7.80. The number of ether oxygens (including phenoxy) is 1. The summed E-state index contributed by atoms with van der Waals surface area (Å²) in [6.07, 6.45) is 1.31. The van der Waals surface area contributed by atoms with Gasteiger partial charge in [0.25, 0.3) is 0 Å². The van der Waals surface area contributed by atoms with E-state index in [1.54, 1.807) is 6.07 Å². The van der Waals surface area contributed by atoms with E-state index < -0.39 is 5.82 Å². The molecule has 0 radical (unpaired) electrons. The zero-order valence-corrected chi connectivity index (χ0v) is 11.6. The first-order chi connectivity index (χ1) is 8.61. The van der Waals surface area contributed by atoms with E-state index in [9.17, 15) is 4.39 Å². The minimum Gasteiger partial charge on any atom is -0.494 e. The molecule has 0 spiro atoms. The van der Waals surface area contributed by atoms with Crippen molar-refractivity contribution in [3.63, 3.8) is 0 Å². The Kier molecular flexibility index (Phi) is 3.98. The summed E-state index contributed by atoms with van der Waals surface area (Å²) in [6.45, 7) is 0. The number of benzene rings is 1. The van der Waals surface area contributed by atoms with Crippen LogP contribution in [0.3, 0.4) is 0 Å². The molecule has 1 aromatic heterocycles. The van der Waals surface area contributed by atoms with Crippen LogP contribution in [0, 0.1) is 5.82 Å². The first-order valence-corrected chi connectivity index (χ1v) is 6.05. The summed E-state index contributed by atoms with van der Waals surface area (Å²) in [5.74, 6) is 0.179. The van der Waals surface area contributed by atoms with E-state index in [1.165, 1.54) is 25.6 Å². The zero-order valence-electron chi connectivity index (χ0n) is 9.25. The molecule has 94 valence electrons. The van der Waals surface area contributed by atoms with Crippen LogP contribution in [-0.4, -0.2) is 17.1 Å². The van der Waals surface area contributed by atoms with Crippen LogP contribution in [0.5, 0.6) is 5.75 Å². The van der Waals surface area contributed by atoms with Gasteiger partial charge < -0.3 is 10.1 Å². The highest BCUT2D eigenvalue weighted by Crippen LogP contribution is 2.29. The predicted octanol–water partition coefficient (Wildman–Crippen LogP) is 3.78. The Morgan fingerprint density at radius 2 is 2.17 bits per heavy atom. The van der Waals surface area contributed by atoms with E-state index in [0.29, 0.717) is 16.0 Å². The third-order valence-electron chi connectivity index (χ3n) is 2.16. The SMILES string of the molecule is COc1ccc(Nc2ncnc(Cl)c2Br)cc1F. The molecule has 0 saturated heterocycles. The van der Waals surface area contributed by atoms with Gasteiger partial charge in [0.05, 0.1) is 11.6 Å². The first-order valence-electron chi connectivity index (χ1n) is 4.88. The highest BCUT2D eigenvalue weighted by molar-refractivity contribution is 9.10. The van der Waals surface area contributed by atoms with Gasteiger partial charge in [0.2, 0.25) is 0 Å². The first kappa shape index (κ1) is 13.0. The van der Waals surface area contributed by atoms with E-state index in [2.05, 4.69) is 31.2 Å². The Labute approximate surface area is 116 Å². The molecular weight excluding hydrogens is 324 g/mol. The number of nitrogens with one attached hydrogen (secondary N) is 1. The maximum absolute atomic E-state index is 13.5. The second kappa shape index (κ2) is 5.49. The number of rotatable bonds is 3. The van der Waals surface area contributed by atoms with Gasteiger partial charge in [-0.3, -0.25) is 0 Å². The highest BCUT2D eigenvalue weighted by atomic mass is 79.9. The molecule has 0 unspecified atom stereocenters. The second-order valence-electron chi connectivity index (χ2n) is 3.30. The van der Waals surface area contributed by atoms with E-state index in [4.69, 9.17) is 16.3 Å². The number of anilines is 2. The minimum atomic E-state index is -0.459. The quantitative estimate of drug-likeness (QED) is 0.869. The van der Waals surface area contributed by atoms with Crippen LogP contribution in [0.1, 0.15) is 0 Å². The number of hydrogen-bond donors (Lipinski definition) is 1. The Balaban J connectivity index is 2.29. The maximum Gasteiger partial charge on any atom is 0.167 e. The highest BCUT2D eigenvalue weighted by Gasteiger charge is 2.08. The summed E-state index contributed by atoms with van der Waals surface area (Å²) >= 11 is 9.07. The molecule has 1 N–H and O–H groups in total. The molecule has 1 heterocycles. The van der Waals surface area contributed by atoms with Crippen molar-refractivity contribution in [3.05, 3.63) is 40.0 Å². The fourth-order valence-corrected chi connectivity index (χ4v) is 1.75. The van der Waals surface area contributed by atoms with Crippen LogP contribution < -0.4 is 10.1 Å². The lowest BCUT2D eigenvalue weighted by Crippen LogP contribution is -1.97. The van der Waals surface area contributed by atoms with Crippen LogP contribution in [-0.2, 0) is 0 Å². The van der Waals surface area contributed by atoms with Gasteiger partial charge in [-0.1, -0.05) is 11.6 Å². The molecule has 0 amide bonds. The van der Waals surface area contributed by atoms with Gasteiger partial charge in [-0.15, -0.1) is 0 Å². The summed E-state index contributed by atoms with van der Waals surface area (Å²) < 4.78 is 18.8. The van der Waals surface area contributed by atoms with E-state index >= 15 is 0 Å². The van der Waals surface area contributed by atoms with Crippen molar-refractivity contribution in [2.45, 2.75) is 0 Å². The van der Waals surface area contributed by atoms with Gasteiger partial charge in [0.1, 0.15) is 17.3 Å². The Bertz CT molecular complexity index is 582. The Morgan fingerprint density at radius 3 is 2.83 bits per heavy atom. The monoisotopic (exact) mass is 331 g/mol. The molecule has 0 fully saturated rings. The average Bonchev–Trinajstić information content (AvgIpc) is 2.35. The minimum absolute atomic E-state index is 0.181. The molecule has 0 bridgehead atoms. The van der Waals surface area contributed by atoms with Gasteiger partial charge >= 0.3 is 0 Å². The molecule has 2 rings (SSSR count). The Hall–Kier alpha value is -1.40. The van der Waals surface area contributed by atoms with E-state index in [1.807, 2.05) is 0 Å². The van der Waals surface area contributed by atoms with Crippen molar-refractivity contribution >= 4 is 39.0 Å². The van der Waals surface area contributed by atoms with Crippen LogP contribution in [0.15, 0.2) is 29.0 Å². The number of nitrogens with zero attached hydrogens (tertiary/aromatic N) is 2. The predicted molar refractivity (Wildman–Crippen MR) is 71.0 cm³/mol. The average molecular weight is 333 g/mol. The largest absolute Gasteiger partial charge is 0.494 e. The van der Waals surface area contributed by atoms with Crippen molar-refractivity contribution in [2.24, 2.45) is 0 Å². The third-order valence-corrected chi connectivity index (χ3v) is 3.43. The van der Waals surface area contributed by atoms with Crippen LogP contribution in [0.4, 0.5) is 15.9 Å². The molecule has 1 aromatic carbocycles. The molecule has 0 saturated carbocycles. The molecule has 0 atom stereocenters. The van der Waals surface area contributed by atoms with Crippen LogP contribution in [0.25, 0.3) is 0 Å². The van der Waals surface area contributed by atoms with Crippen LogP contribution >= 0.6 is 27.5 Å². The lowest BCUT2D eigenvalue weighted by atomic mass is 10.3. The van der Waals surface area contributed by atoms with Gasteiger partial charge in [-0.25, -0.2) is 14.4 Å². The Morgan fingerprint density at radius 1 is 1.39 bits per heavy atom. The molecule has 0 aliphatic rings. The van der Waals surface area contributed by atoms with Crippen molar-refractivity contribution in [1.29, 1.82) is 0 Å². The van der Waals surface area contributed by atoms with Crippen LogP contribution in [0.2, 0.25) is 5.15 Å². The normalized spacial score (nSPS) is 10.2. The number of aromatic nitrogens is 2. The van der Waals surface area contributed by atoms with E-state index in [-0.39, 0.29) is 10.9 Å². The topological polar surface area (TPSA) is 47.0 Å². The summed E-state index contributed by atoms with van der Waals surface area (Å²) in [5, 5.41) is 3.21. The van der Waals surface area contributed by atoms with Crippen molar-refractivity contribution in [1.82, 2.24) is 9.97 Å². The fraction of sp³-hybridized carbons (Fsp3) is 0.0909. The second-order valence-corrected chi connectivity index (χ2v) is 4.45. The summed E-state index contributed by atoms with van der Waals surface area (Å²) in [5.41, 5.74) is 0.531. The summed E-state index contributed by atoms with van der Waals surface area (Å²) in [6, 6.07) is 4.50. The van der Waals surface area contributed by atoms with Crippen molar-refractivity contribution < 1.29 is 9.13 Å². The molecule has 0 aliphatic carbocycles. The number of halogens is 3. The lowest BCUT2D eigenvalue weighted by Gasteiger charge is -2.09. The third kappa shape index (κ3) is 2.70.